The zero-order chi connectivity index (χ0) is 22.0. The summed E-state index contributed by atoms with van der Waals surface area (Å²) in [5.74, 6) is -9.97. The number of urea groups is 1. The third-order valence-electron chi connectivity index (χ3n) is 3.91. The van der Waals surface area contributed by atoms with Crippen molar-refractivity contribution in [2.24, 2.45) is 0 Å². The van der Waals surface area contributed by atoms with Crippen LogP contribution in [0.1, 0.15) is 5.56 Å². The minimum atomic E-state index is -2.25. The molecule has 12 heteroatoms. The number of hydrogen-bond donors (Lipinski definition) is 2. The van der Waals surface area contributed by atoms with Gasteiger partial charge >= 0.3 is 6.03 Å². The zero-order valence-electron chi connectivity index (χ0n) is 15.1. The van der Waals surface area contributed by atoms with E-state index in [4.69, 9.17) is 16.3 Å². The molecule has 0 atom stereocenters. The van der Waals surface area contributed by atoms with Gasteiger partial charge in [0.25, 0.3) is 0 Å². The highest BCUT2D eigenvalue weighted by Gasteiger charge is 2.26. The van der Waals surface area contributed by atoms with Crippen molar-refractivity contribution in [1.29, 1.82) is 0 Å². The van der Waals surface area contributed by atoms with Crippen molar-refractivity contribution in [1.82, 2.24) is 9.78 Å². The Labute approximate surface area is 171 Å². The van der Waals surface area contributed by atoms with E-state index in [1.165, 1.54) is 31.5 Å². The molecule has 0 aliphatic rings. The number of carbonyl (C=O) groups is 1. The molecule has 0 spiro atoms. The first-order chi connectivity index (χ1) is 14.2. The molecule has 0 saturated heterocycles. The number of aromatic nitrogens is 2. The number of amides is 2. The fourth-order valence-corrected chi connectivity index (χ4v) is 2.69. The van der Waals surface area contributed by atoms with Crippen LogP contribution in [0.3, 0.4) is 0 Å². The fraction of sp³-hybridized carbons (Fsp3) is 0.111. The summed E-state index contributed by atoms with van der Waals surface area (Å²) in [5, 5.41) is 9.00. The van der Waals surface area contributed by atoms with Crippen molar-refractivity contribution in [3.63, 3.8) is 0 Å². The first kappa shape index (κ1) is 21.4. The predicted molar refractivity (Wildman–Crippen MR) is 98.2 cm³/mol. The predicted octanol–water partition coefficient (Wildman–Crippen LogP) is 4.93. The molecular weight excluding hydrogens is 435 g/mol. The number of carbonyl (C=O) groups excluding carboxylic acids is 1. The lowest BCUT2D eigenvalue weighted by molar-refractivity contribution is 0.262. The maximum absolute atomic E-state index is 13.8. The second-order valence-electron chi connectivity index (χ2n) is 5.87. The summed E-state index contributed by atoms with van der Waals surface area (Å²) < 4.78 is 73.3. The summed E-state index contributed by atoms with van der Waals surface area (Å²) in [6.45, 7) is -0.753. The monoisotopic (exact) mass is 446 g/mol. The molecule has 0 unspecified atom stereocenters. The van der Waals surface area contributed by atoms with Crippen LogP contribution in [-0.2, 0) is 6.54 Å². The first-order valence-electron chi connectivity index (χ1n) is 8.16. The van der Waals surface area contributed by atoms with E-state index >= 15 is 0 Å². The van der Waals surface area contributed by atoms with Gasteiger partial charge < -0.3 is 10.1 Å². The SMILES string of the molecule is COc1ccc(Cl)cc1NC(=O)Nc1ccn(Cc2c(F)c(F)c(F)c(F)c2F)n1. The molecule has 0 aliphatic heterocycles. The molecule has 6 nitrogen and oxygen atoms in total. The summed E-state index contributed by atoms with van der Waals surface area (Å²) in [6, 6.07) is 5.07. The number of nitrogens with zero attached hydrogens (tertiary/aromatic N) is 2. The Kier molecular flexibility index (Phi) is 6.11. The van der Waals surface area contributed by atoms with Crippen LogP contribution < -0.4 is 15.4 Å². The Hall–Kier alpha value is -3.34. The third kappa shape index (κ3) is 4.30. The number of nitrogens with one attached hydrogen (secondary N) is 2. The Bertz CT molecular complexity index is 1090. The average molecular weight is 447 g/mol. The number of halogens is 6. The molecule has 1 heterocycles. The van der Waals surface area contributed by atoms with Crippen LogP contribution in [0, 0.1) is 29.1 Å². The molecule has 0 fully saturated rings. The largest absolute Gasteiger partial charge is 0.495 e. The molecule has 0 saturated carbocycles. The van der Waals surface area contributed by atoms with Crippen LogP contribution in [-0.4, -0.2) is 22.9 Å². The van der Waals surface area contributed by atoms with Crippen LogP contribution in [0.25, 0.3) is 0 Å². The van der Waals surface area contributed by atoms with Gasteiger partial charge in [0, 0.05) is 17.3 Å². The Morgan fingerprint density at radius 2 is 1.67 bits per heavy atom. The molecule has 0 bridgehead atoms. The lowest BCUT2D eigenvalue weighted by Gasteiger charge is -2.10. The van der Waals surface area contributed by atoms with Gasteiger partial charge in [-0.3, -0.25) is 10.00 Å². The normalized spacial score (nSPS) is 10.8. The van der Waals surface area contributed by atoms with E-state index in [1.54, 1.807) is 6.07 Å². The van der Waals surface area contributed by atoms with Gasteiger partial charge in [-0.05, 0) is 18.2 Å². The maximum Gasteiger partial charge on any atom is 0.325 e. The molecule has 0 aliphatic carbocycles. The quantitative estimate of drug-likeness (QED) is 0.332. The molecule has 2 amide bonds. The van der Waals surface area contributed by atoms with Crippen LogP contribution in [0.2, 0.25) is 5.02 Å². The topological polar surface area (TPSA) is 68.2 Å². The van der Waals surface area contributed by atoms with E-state index in [2.05, 4.69) is 15.7 Å². The van der Waals surface area contributed by atoms with Gasteiger partial charge in [-0.15, -0.1) is 0 Å². The van der Waals surface area contributed by atoms with E-state index in [0.717, 1.165) is 4.68 Å². The second-order valence-corrected chi connectivity index (χ2v) is 6.31. The van der Waals surface area contributed by atoms with Crippen molar-refractivity contribution in [3.05, 3.63) is 70.1 Å². The van der Waals surface area contributed by atoms with Crippen LogP contribution >= 0.6 is 11.6 Å². The van der Waals surface area contributed by atoms with Crippen molar-refractivity contribution in [3.8, 4) is 5.75 Å². The summed E-state index contributed by atoms with van der Waals surface area (Å²) in [6.07, 6.45) is 1.19. The standard InChI is InChI=1S/C18H12ClF5N4O2/c1-30-11-3-2-8(19)6-10(11)25-18(29)26-12-4-5-28(27-12)7-9-13(20)15(22)17(24)16(23)14(9)21/h2-6H,7H2,1H3,(H2,25,26,27,29). The van der Waals surface area contributed by atoms with Gasteiger partial charge in [-0.1, -0.05) is 11.6 Å². The van der Waals surface area contributed by atoms with Crippen LogP contribution in [0.5, 0.6) is 5.75 Å². The van der Waals surface area contributed by atoms with Crippen LogP contribution in [0.15, 0.2) is 30.5 Å². The van der Waals surface area contributed by atoms with E-state index < -0.39 is 47.2 Å². The Morgan fingerprint density at radius 3 is 2.30 bits per heavy atom. The summed E-state index contributed by atoms with van der Waals surface area (Å²) in [4.78, 5) is 12.1. The zero-order valence-corrected chi connectivity index (χ0v) is 15.8. The highest BCUT2D eigenvalue weighted by atomic mass is 35.5. The number of anilines is 2. The summed E-state index contributed by atoms with van der Waals surface area (Å²) in [7, 11) is 1.40. The molecule has 0 radical (unpaired) electrons. The van der Waals surface area contributed by atoms with Gasteiger partial charge in [0.05, 0.1) is 24.9 Å². The van der Waals surface area contributed by atoms with Gasteiger partial charge in [-0.25, -0.2) is 26.7 Å². The molecule has 3 aromatic rings. The second kappa shape index (κ2) is 8.57. The lowest BCUT2D eigenvalue weighted by Crippen LogP contribution is -2.20. The number of rotatable bonds is 5. The molecule has 158 valence electrons. The Balaban J connectivity index is 1.74. The van der Waals surface area contributed by atoms with Gasteiger partial charge in [0.1, 0.15) is 5.75 Å². The van der Waals surface area contributed by atoms with Crippen molar-refractivity contribution < 1.29 is 31.5 Å². The van der Waals surface area contributed by atoms with Crippen molar-refractivity contribution in [2.75, 3.05) is 17.7 Å². The van der Waals surface area contributed by atoms with Gasteiger partial charge in [0.15, 0.2) is 29.1 Å². The molecule has 2 aromatic carbocycles. The molecule has 30 heavy (non-hydrogen) atoms. The van der Waals surface area contributed by atoms with E-state index in [0.29, 0.717) is 10.8 Å². The highest BCUT2D eigenvalue weighted by Crippen LogP contribution is 2.28. The number of ether oxygens (including phenoxy) is 1. The molecular formula is C18H12ClF5N4O2. The van der Waals surface area contributed by atoms with Crippen molar-refractivity contribution >= 4 is 29.1 Å². The highest BCUT2D eigenvalue weighted by molar-refractivity contribution is 6.31. The number of benzene rings is 2. The van der Waals surface area contributed by atoms with E-state index in [9.17, 15) is 26.7 Å². The molecule has 1 aromatic heterocycles. The number of methoxy groups -OCH3 is 1. The molecule has 2 N–H and O–H groups in total. The first-order valence-corrected chi connectivity index (χ1v) is 8.54. The third-order valence-corrected chi connectivity index (χ3v) is 4.15. The maximum atomic E-state index is 13.8. The lowest BCUT2D eigenvalue weighted by atomic mass is 10.1. The minimum absolute atomic E-state index is 0.0441. The minimum Gasteiger partial charge on any atom is -0.495 e. The van der Waals surface area contributed by atoms with Crippen molar-refractivity contribution in [2.45, 2.75) is 6.54 Å². The van der Waals surface area contributed by atoms with Crippen LogP contribution in [0.4, 0.5) is 38.3 Å². The average Bonchev–Trinajstić information content (AvgIpc) is 3.15. The molecule has 3 rings (SSSR count). The smallest absolute Gasteiger partial charge is 0.325 e. The van der Waals surface area contributed by atoms with E-state index in [1.807, 2.05) is 0 Å². The Morgan fingerprint density at radius 1 is 1.03 bits per heavy atom. The number of hydrogen-bond acceptors (Lipinski definition) is 3. The fourth-order valence-electron chi connectivity index (χ4n) is 2.52. The van der Waals surface area contributed by atoms with E-state index in [-0.39, 0.29) is 11.5 Å². The summed E-state index contributed by atoms with van der Waals surface area (Å²) >= 11 is 5.87. The van der Waals surface area contributed by atoms with Gasteiger partial charge in [0.2, 0.25) is 5.82 Å². The summed E-state index contributed by atoms with van der Waals surface area (Å²) in [5.41, 5.74) is -0.794. The van der Waals surface area contributed by atoms with Gasteiger partial charge in [-0.2, -0.15) is 5.10 Å².